The van der Waals surface area contributed by atoms with E-state index in [0.717, 1.165) is 18.2 Å². The largest absolute Gasteiger partial charge is 0.490 e. The number of esters is 1. The van der Waals surface area contributed by atoms with E-state index in [-0.39, 0.29) is 24.0 Å². The van der Waals surface area contributed by atoms with Gasteiger partial charge < -0.3 is 40.4 Å². The number of nitrogens with two attached hydrogens (primary N) is 1. The van der Waals surface area contributed by atoms with Gasteiger partial charge in [0.25, 0.3) is 0 Å². The molecule has 2 aromatic heterocycles. The summed E-state index contributed by atoms with van der Waals surface area (Å²) in [6, 6.07) is 17.6. The zero-order valence-electron chi connectivity index (χ0n) is 25.9. The quantitative estimate of drug-likeness (QED) is 0.193. The summed E-state index contributed by atoms with van der Waals surface area (Å²) in [7, 11) is 1.11. The Labute approximate surface area is 273 Å². The molecule has 1 amide bonds. The van der Waals surface area contributed by atoms with Gasteiger partial charge in [0.1, 0.15) is 6.10 Å². The summed E-state index contributed by atoms with van der Waals surface area (Å²) in [5.41, 5.74) is 8.85. The second kappa shape index (κ2) is 13.6. The summed E-state index contributed by atoms with van der Waals surface area (Å²) in [5.74, 6) is -1.86. The highest BCUT2D eigenvalue weighted by Gasteiger charge is 2.51. The van der Waals surface area contributed by atoms with Crippen molar-refractivity contribution in [2.45, 2.75) is 55.3 Å². The fourth-order valence-corrected chi connectivity index (χ4v) is 6.33. The topological polar surface area (TPSA) is 170 Å². The summed E-state index contributed by atoms with van der Waals surface area (Å²) in [4.78, 5) is 40.0. The number of nitrogens with one attached hydrogen (secondary N) is 2. The van der Waals surface area contributed by atoms with E-state index < -0.39 is 42.5 Å². The lowest BCUT2D eigenvalue weighted by Gasteiger charge is -2.25. The molecule has 5 N–H and O–H groups in total. The molecule has 2 fully saturated rings. The molecule has 6 rings (SSSR count). The molecular formula is C32H35F3N8O5. The molecule has 1 saturated heterocycles. The second-order valence-electron chi connectivity index (χ2n) is 11.8. The molecule has 0 radical (unpaired) electrons. The van der Waals surface area contributed by atoms with Crippen molar-refractivity contribution in [3.05, 3.63) is 78.1 Å². The monoisotopic (exact) mass is 668 g/mol. The highest BCUT2D eigenvalue weighted by atomic mass is 19.4. The first-order valence-corrected chi connectivity index (χ1v) is 15.4. The number of methoxy groups -OCH3 is 1. The number of alkyl carbamates (subject to hydrolysis) is 1. The average molecular weight is 669 g/mol. The zero-order valence-corrected chi connectivity index (χ0v) is 25.9. The maximum absolute atomic E-state index is 13.3. The fourth-order valence-electron chi connectivity index (χ4n) is 6.33. The van der Waals surface area contributed by atoms with Crippen molar-refractivity contribution in [1.82, 2.24) is 24.8 Å². The predicted molar refractivity (Wildman–Crippen MR) is 168 cm³/mol. The first-order valence-electron chi connectivity index (χ1n) is 15.4. The lowest BCUT2D eigenvalue weighted by molar-refractivity contribution is -0.209. The van der Waals surface area contributed by atoms with Crippen molar-refractivity contribution in [3.63, 3.8) is 0 Å². The van der Waals surface area contributed by atoms with Crippen molar-refractivity contribution >= 4 is 35.0 Å². The summed E-state index contributed by atoms with van der Waals surface area (Å²) in [6.07, 6.45) is -7.72. The Bertz CT molecular complexity index is 1700. The molecule has 5 atom stereocenters. The maximum Gasteiger partial charge on any atom is 0.490 e. The van der Waals surface area contributed by atoms with Gasteiger partial charge in [-0.25, -0.2) is 14.6 Å². The van der Waals surface area contributed by atoms with Gasteiger partial charge in [-0.1, -0.05) is 60.7 Å². The van der Waals surface area contributed by atoms with Crippen LogP contribution in [0.15, 0.2) is 67.0 Å². The van der Waals surface area contributed by atoms with E-state index >= 15 is 0 Å². The van der Waals surface area contributed by atoms with E-state index in [1.54, 1.807) is 0 Å². The Morgan fingerprint density at radius 3 is 2.33 bits per heavy atom. The molecule has 3 heterocycles. The van der Waals surface area contributed by atoms with Crippen molar-refractivity contribution in [2.24, 2.45) is 5.73 Å². The van der Waals surface area contributed by atoms with Crippen LogP contribution >= 0.6 is 0 Å². The number of carbonyl (C=O) groups excluding carboxylic acids is 2. The number of rotatable bonds is 9. The Kier molecular flexibility index (Phi) is 9.37. The van der Waals surface area contributed by atoms with Crippen LogP contribution in [0.2, 0.25) is 0 Å². The van der Waals surface area contributed by atoms with Gasteiger partial charge in [0, 0.05) is 31.6 Å². The first-order chi connectivity index (χ1) is 23.0. The van der Waals surface area contributed by atoms with Crippen LogP contribution in [-0.4, -0.2) is 93.9 Å². The summed E-state index contributed by atoms with van der Waals surface area (Å²) in [5, 5.41) is 16.9. The van der Waals surface area contributed by atoms with Gasteiger partial charge in [-0.15, -0.1) is 0 Å². The van der Waals surface area contributed by atoms with Crippen LogP contribution in [0.25, 0.3) is 11.2 Å². The van der Waals surface area contributed by atoms with E-state index in [0.29, 0.717) is 43.3 Å². The molecule has 1 saturated carbocycles. The minimum Gasteiger partial charge on any atom is -0.453 e. The number of aliphatic hydroxyl groups excluding tert-OH is 1. The number of hydrogen-bond donors (Lipinski definition) is 4. The van der Waals surface area contributed by atoms with Gasteiger partial charge in [-0.2, -0.15) is 23.1 Å². The third-order valence-electron chi connectivity index (χ3n) is 8.74. The molecule has 16 heteroatoms. The molecule has 2 aliphatic rings. The molecule has 0 unspecified atom stereocenters. The number of hydrogen-bond acceptors (Lipinski definition) is 11. The molecule has 1 aliphatic heterocycles. The van der Waals surface area contributed by atoms with Gasteiger partial charge in [-0.3, -0.25) is 0 Å². The number of aliphatic hydroxyl groups is 1. The van der Waals surface area contributed by atoms with E-state index in [2.05, 4.69) is 20.4 Å². The van der Waals surface area contributed by atoms with Crippen LogP contribution < -0.4 is 21.3 Å². The van der Waals surface area contributed by atoms with Gasteiger partial charge in [-0.05, 0) is 24.0 Å². The minimum atomic E-state index is -5.32. The summed E-state index contributed by atoms with van der Waals surface area (Å²) in [6.45, 7) is 1.47. The van der Waals surface area contributed by atoms with Gasteiger partial charge >= 0.3 is 18.2 Å². The number of nitrogens with zero attached hydrogens (tertiary/aromatic N) is 5. The fraction of sp³-hybridized carbons (Fsp3) is 0.406. The van der Waals surface area contributed by atoms with Crippen LogP contribution in [0.5, 0.6) is 0 Å². The number of amides is 1. The van der Waals surface area contributed by atoms with Crippen LogP contribution in [-0.2, 0) is 14.3 Å². The molecule has 48 heavy (non-hydrogen) atoms. The maximum atomic E-state index is 13.3. The molecule has 1 aliphatic carbocycles. The smallest absolute Gasteiger partial charge is 0.453 e. The minimum absolute atomic E-state index is 0.0792. The number of halogens is 3. The standard InChI is InChI=1S/C32H35F3N8O5/c1-47-31(46)39-22-14-23(26(25(22)44)48-29(45)32(33,34)35)43-17-38-24-27(40-30(41-28(24)43)42-13-12-20(36)16-42)37-15-21(18-8-4-2-5-9-18)19-10-6-3-7-11-19/h2-11,17,20-23,25-26,44H,12-16,36H2,1H3,(H,39,46)(H,37,40,41)/t20-,22+,23-,25-,26+/m1/s1. The Morgan fingerprint density at radius 2 is 1.75 bits per heavy atom. The number of benzene rings is 2. The normalized spacial score (nSPS) is 22.6. The van der Waals surface area contributed by atoms with Crippen LogP contribution in [0.1, 0.15) is 35.9 Å². The number of fused-ring (bicyclic) bond motifs is 1. The SMILES string of the molecule is COC(=O)N[C@H]1C[C@@H](n2cnc3c(NCC(c4ccccc4)c4ccccc4)nc(N4CC[C@@H](N)C4)nc32)[C@H](OC(=O)C(F)(F)F)[C@@H]1O. The second-order valence-corrected chi connectivity index (χ2v) is 11.8. The number of alkyl halides is 3. The molecule has 4 aromatic rings. The summed E-state index contributed by atoms with van der Waals surface area (Å²) < 4.78 is 50.8. The van der Waals surface area contributed by atoms with Gasteiger partial charge in [0.05, 0.1) is 25.5 Å². The highest BCUT2D eigenvalue weighted by molar-refractivity contribution is 5.85. The van der Waals surface area contributed by atoms with E-state index in [1.165, 1.54) is 10.9 Å². The zero-order chi connectivity index (χ0) is 34.0. The van der Waals surface area contributed by atoms with Gasteiger partial charge in [0.15, 0.2) is 23.1 Å². The lowest BCUT2D eigenvalue weighted by atomic mass is 9.91. The Balaban J connectivity index is 1.40. The van der Waals surface area contributed by atoms with Crippen LogP contribution in [0, 0.1) is 0 Å². The van der Waals surface area contributed by atoms with Crippen LogP contribution in [0.3, 0.4) is 0 Å². The molecule has 254 valence electrons. The highest BCUT2D eigenvalue weighted by Crippen LogP contribution is 2.38. The first kappa shape index (κ1) is 33.0. The van der Waals surface area contributed by atoms with Crippen LogP contribution in [0.4, 0.5) is 29.7 Å². The van der Waals surface area contributed by atoms with Crippen molar-refractivity contribution in [1.29, 1.82) is 0 Å². The third kappa shape index (κ3) is 6.85. The lowest BCUT2D eigenvalue weighted by Crippen LogP contribution is -2.45. The molecule has 0 bridgehead atoms. The number of ether oxygens (including phenoxy) is 2. The predicted octanol–water partition coefficient (Wildman–Crippen LogP) is 3.11. The molecule has 0 spiro atoms. The number of carbonyl (C=O) groups is 2. The third-order valence-corrected chi connectivity index (χ3v) is 8.74. The molecule has 2 aromatic carbocycles. The van der Waals surface area contributed by atoms with E-state index in [1.807, 2.05) is 65.6 Å². The van der Waals surface area contributed by atoms with Crippen molar-refractivity contribution in [2.75, 3.05) is 37.0 Å². The summed E-state index contributed by atoms with van der Waals surface area (Å²) >= 11 is 0. The number of anilines is 2. The van der Waals surface area contributed by atoms with Crippen molar-refractivity contribution in [3.8, 4) is 0 Å². The Hall–Kier alpha value is -4.96. The average Bonchev–Trinajstić information content (AvgIpc) is 3.79. The molecule has 13 nitrogen and oxygen atoms in total. The van der Waals surface area contributed by atoms with E-state index in [4.69, 9.17) is 20.4 Å². The number of imidazole rings is 1. The van der Waals surface area contributed by atoms with E-state index in [9.17, 15) is 27.9 Å². The molecular weight excluding hydrogens is 633 g/mol. The van der Waals surface area contributed by atoms with Gasteiger partial charge in [0.2, 0.25) is 5.95 Å². The van der Waals surface area contributed by atoms with Crippen molar-refractivity contribution < 1.29 is 37.3 Å². The number of aromatic nitrogens is 4. The Morgan fingerprint density at radius 1 is 1.08 bits per heavy atom.